The fourth-order valence-corrected chi connectivity index (χ4v) is 3.82. The van der Waals surface area contributed by atoms with E-state index in [1.807, 2.05) is 24.3 Å². The van der Waals surface area contributed by atoms with Crippen LogP contribution in [-0.2, 0) is 24.8 Å². The first-order valence-electron chi connectivity index (χ1n) is 8.20. The van der Waals surface area contributed by atoms with E-state index in [9.17, 15) is 4.79 Å². The van der Waals surface area contributed by atoms with Crippen molar-refractivity contribution < 1.29 is 4.79 Å². The van der Waals surface area contributed by atoms with E-state index in [-0.39, 0.29) is 11.9 Å². The molecule has 24 heavy (non-hydrogen) atoms. The summed E-state index contributed by atoms with van der Waals surface area (Å²) < 4.78 is 2.14. The highest BCUT2D eigenvalue weighted by Gasteiger charge is 2.31. The van der Waals surface area contributed by atoms with E-state index < -0.39 is 0 Å². The molecule has 0 bridgehead atoms. The van der Waals surface area contributed by atoms with Crippen LogP contribution in [0.2, 0.25) is 0 Å². The number of para-hydroxylation sites is 1. The van der Waals surface area contributed by atoms with Gasteiger partial charge in [0, 0.05) is 37.2 Å². The number of fused-ring (bicyclic) bond motifs is 2. The number of carbonyl (C=O) groups is 1. The third-order valence-corrected chi connectivity index (χ3v) is 4.94. The predicted molar refractivity (Wildman–Crippen MR) is 94.2 cm³/mol. The number of aryl methyl sites for hydroxylation is 1. The van der Waals surface area contributed by atoms with Crippen molar-refractivity contribution in [2.45, 2.75) is 19.0 Å². The number of rotatable bonds is 3. The van der Waals surface area contributed by atoms with E-state index in [0.29, 0.717) is 6.54 Å². The number of carbonyl (C=O) groups excluding carboxylic acids is 1. The van der Waals surface area contributed by atoms with Crippen LogP contribution in [0.15, 0.2) is 48.7 Å². The Morgan fingerprint density at radius 3 is 3.00 bits per heavy atom. The number of hydrogen-bond donors (Lipinski definition) is 1. The minimum atomic E-state index is -0.373. The molecule has 4 nitrogen and oxygen atoms in total. The number of aromatic nitrogens is 1. The maximum Gasteiger partial charge on any atom is 0.239 e. The summed E-state index contributed by atoms with van der Waals surface area (Å²) in [5.74, 6) is -0.289. The lowest BCUT2D eigenvalue weighted by molar-refractivity contribution is -0.124. The molecule has 1 unspecified atom stereocenters. The molecule has 1 aliphatic rings. The van der Waals surface area contributed by atoms with Crippen LogP contribution < -0.4 is 5.73 Å². The quantitative estimate of drug-likeness (QED) is 0.807. The van der Waals surface area contributed by atoms with Crippen molar-refractivity contribution in [3.05, 3.63) is 71.4 Å². The van der Waals surface area contributed by atoms with Crippen molar-refractivity contribution in [1.29, 1.82) is 0 Å². The topological polar surface area (TPSA) is 51.3 Å². The SMILES string of the molecule is Cn1cc(CN2CCc3c[c]ccc3C2C(N)=O)c2ccccc21. The largest absolute Gasteiger partial charge is 0.368 e. The first-order valence-corrected chi connectivity index (χ1v) is 8.20. The standard InChI is InChI=1S/C20H20N3O/c1-22-12-15(16-7-4-5-9-18(16)22)13-23-11-10-14-6-2-3-8-17(14)19(23)20(21)24/h3-9,12,19H,10-11,13H2,1H3,(H2,21,24). The Kier molecular flexibility index (Phi) is 3.62. The molecule has 2 N–H and O–H groups in total. The normalized spacial score (nSPS) is 17.8. The average Bonchev–Trinajstić information content (AvgIpc) is 2.91. The molecule has 1 aliphatic heterocycles. The molecule has 121 valence electrons. The van der Waals surface area contributed by atoms with Crippen molar-refractivity contribution in [1.82, 2.24) is 9.47 Å². The number of benzene rings is 2. The number of nitrogens with two attached hydrogens (primary N) is 1. The van der Waals surface area contributed by atoms with Crippen molar-refractivity contribution in [2.24, 2.45) is 12.8 Å². The van der Waals surface area contributed by atoms with Crippen molar-refractivity contribution in [3.8, 4) is 0 Å². The van der Waals surface area contributed by atoms with Crippen LogP contribution in [0.25, 0.3) is 10.9 Å². The van der Waals surface area contributed by atoms with Crippen LogP contribution in [0.1, 0.15) is 22.7 Å². The molecule has 0 saturated heterocycles. The maximum atomic E-state index is 12.2. The monoisotopic (exact) mass is 318 g/mol. The Morgan fingerprint density at radius 1 is 1.33 bits per heavy atom. The molecule has 4 heteroatoms. The maximum absolute atomic E-state index is 12.2. The van der Waals surface area contributed by atoms with Gasteiger partial charge in [0.25, 0.3) is 0 Å². The summed E-state index contributed by atoms with van der Waals surface area (Å²) in [7, 11) is 2.05. The van der Waals surface area contributed by atoms with Crippen LogP contribution in [0, 0.1) is 6.07 Å². The van der Waals surface area contributed by atoms with E-state index in [4.69, 9.17) is 5.73 Å². The second kappa shape index (κ2) is 5.80. The van der Waals surface area contributed by atoms with Crippen molar-refractivity contribution in [3.63, 3.8) is 0 Å². The number of hydrogen-bond acceptors (Lipinski definition) is 2. The van der Waals surface area contributed by atoms with Gasteiger partial charge in [0.15, 0.2) is 0 Å². The van der Waals surface area contributed by atoms with E-state index in [1.54, 1.807) is 0 Å². The molecule has 1 radical (unpaired) electrons. The molecule has 3 aromatic rings. The fourth-order valence-electron chi connectivity index (χ4n) is 3.82. The lowest BCUT2D eigenvalue weighted by Crippen LogP contribution is -2.42. The summed E-state index contributed by atoms with van der Waals surface area (Å²) in [5.41, 5.74) is 10.4. The van der Waals surface area contributed by atoms with E-state index in [2.05, 4.69) is 47.0 Å². The van der Waals surface area contributed by atoms with Gasteiger partial charge in [0.1, 0.15) is 6.04 Å². The molecular formula is C20H20N3O. The Balaban J connectivity index is 1.72. The minimum absolute atomic E-state index is 0.289. The van der Waals surface area contributed by atoms with Gasteiger partial charge in [-0.2, -0.15) is 0 Å². The Bertz CT molecular complexity index is 912. The van der Waals surface area contributed by atoms with Gasteiger partial charge in [-0.25, -0.2) is 0 Å². The minimum Gasteiger partial charge on any atom is -0.368 e. The van der Waals surface area contributed by atoms with Gasteiger partial charge in [-0.15, -0.1) is 0 Å². The van der Waals surface area contributed by atoms with Gasteiger partial charge >= 0.3 is 0 Å². The summed E-state index contributed by atoms with van der Waals surface area (Å²) in [5, 5.41) is 1.23. The first kappa shape index (κ1) is 15.0. The predicted octanol–water partition coefficient (Wildman–Crippen LogP) is 2.56. The Hall–Kier alpha value is -2.59. The highest BCUT2D eigenvalue weighted by atomic mass is 16.1. The summed E-state index contributed by atoms with van der Waals surface area (Å²) in [6.07, 6.45) is 3.07. The highest BCUT2D eigenvalue weighted by molar-refractivity contribution is 5.84. The third-order valence-electron chi connectivity index (χ3n) is 4.94. The molecule has 2 aromatic carbocycles. The second-order valence-electron chi connectivity index (χ2n) is 6.43. The summed E-state index contributed by atoms with van der Waals surface area (Å²) in [4.78, 5) is 14.3. The molecule has 0 fully saturated rings. The number of amides is 1. The van der Waals surface area contributed by atoms with Crippen LogP contribution in [-0.4, -0.2) is 21.9 Å². The Morgan fingerprint density at radius 2 is 2.17 bits per heavy atom. The van der Waals surface area contributed by atoms with Gasteiger partial charge in [0.05, 0.1) is 0 Å². The molecular weight excluding hydrogens is 298 g/mol. The molecule has 2 heterocycles. The van der Waals surface area contributed by atoms with Crippen LogP contribution in [0.3, 0.4) is 0 Å². The number of nitrogens with zero attached hydrogens (tertiary/aromatic N) is 2. The molecule has 4 rings (SSSR count). The smallest absolute Gasteiger partial charge is 0.239 e. The molecule has 1 atom stereocenters. The zero-order valence-corrected chi connectivity index (χ0v) is 13.7. The summed E-state index contributed by atoms with van der Waals surface area (Å²) in [6, 6.07) is 16.9. The first-order chi connectivity index (χ1) is 11.6. The van der Waals surface area contributed by atoms with Gasteiger partial charge in [0.2, 0.25) is 5.91 Å². The molecule has 0 spiro atoms. The average molecular weight is 318 g/mol. The van der Waals surface area contributed by atoms with Gasteiger partial charge < -0.3 is 10.3 Å². The summed E-state index contributed by atoms with van der Waals surface area (Å²) >= 11 is 0. The van der Waals surface area contributed by atoms with Gasteiger partial charge in [-0.3, -0.25) is 9.69 Å². The zero-order chi connectivity index (χ0) is 16.7. The van der Waals surface area contributed by atoms with Crippen LogP contribution in [0.4, 0.5) is 0 Å². The number of primary amides is 1. The Labute approximate surface area is 141 Å². The molecule has 0 saturated carbocycles. The molecule has 0 aliphatic carbocycles. The zero-order valence-electron chi connectivity index (χ0n) is 13.7. The van der Waals surface area contributed by atoms with Gasteiger partial charge in [-0.1, -0.05) is 36.4 Å². The van der Waals surface area contributed by atoms with Crippen LogP contribution in [0.5, 0.6) is 0 Å². The second-order valence-corrected chi connectivity index (χ2v) is 6.43. The lowest BCUT2D eigenvalue weighted by atomic mass is 9.92. The van der Waals surface area contributed by atoms with Crippen LogP contribution >= 0.6 is 0 Å². The van der Waals surface area contributed by atoms with E-state index in [0.717, 1.165) is 18.5 Å². The third kappa shape index (κ3) is 2.39. The lowest BCUT2D eigenvalue weighted by Gasteiger charge is -2.35. The van der Waals surface area contributed by atoms with Crippen molar-refractivity contribution in [2.75, 3.05) is 6.54 Å². The highest BCUT2D eigenvalue weighted by Crippen LogP contribution is 2.32. The van der Waals surface area contributed by atoms with Gasteiger partial charge in [-0.05, 0) is 35.2 Å². The molecule has 1 aromatic heterocycles. The fraction of sp³-hybridized carbons (Fsp3) is 0.250. The summed E-state index contributed by atoms with van der Waals surface area (Å²) in [6.45, 7) is 1.54. The van der Waals surface area contributed by atoms with E-state index >= 15 is 0 Å². The van der Waals surface area contributed by atoms with E-state index in [1.165, 1.54) is 22.0 Å². The molecule has 1 amide bonds. The van der Waals surface area contributed by atoms with Crippen molar-refractivity contribution >= 4 is 16.8 Å².